The number of benzene rings is 1. The number of phenolic OH excluding ortho intramolecular Hbond substituents is 1. The van der Waals surface area contributed by atoms with E-state index in [1.165, 1.54) is 0 Å². The number of halogens is 3. The van der Waals surface area contributed by atoms with Gasteiger partial charge in [0.05, 0.1) is 16.5 Å². The Kier molecular flexibility index (Phi) is 3.81. The van der Waals surface area contributed by atoms with Crippen molar-refractivity contribution >= 4 is 69.4 Å². The number of fused-ring (bicyclic) bond motifs is 3. The molecule has 0 fully saturated rings. The van der Waals surface area contributed by atoms with E-state index in [0.29, 0.717) is 17.9 Å². The second kappa shape index (κ2) is 5.77. The highest BCUT2D eigenvalue weighted by Gasteiger charge is 2.44. The number of hydrogen-bond donors (Lipinski definition) is 4. The van der Waals surface area contributed by atoms with Gasteiger partial charge >= 0.3 is 0 Å². The molecule has 0 amide bonds. The second-order valence-electron chi connectivity index (χ2n) is 6.93. The molecule has 134 valence electrons. The van der Waals surface area contributed by atoms with Crippen molar-refractivity contribution < 1.29 is 15.2 Å². The number of anilines is 1. The molecule has 8 heteroatoms. The largest absolute Gasteiger partial charge is 0.504 e. The maximum absolute atomic E-state index is 11.0. The summed E-state index contributed by atoms with van der Waals surface area (Å²) in [6.07, 6.45) is 5.11. The third kappa shape index (κ3) is 2.16. The van der Waals surface area contributed by atoms with Gasteiger partial charge in [0.25, 0.3) is 0 Å². The molecule has 3 heterocycles. The summed E-state index contributed by atoms with van der Waals surface area (Å²) in [7, 11) is 0. The molecule has 5 nitrogen and oxygen atoms in total. The normalized spacial score (nSPS) is 28.5. The van der Waals surface area contributed by atoms with Gasteiger partial charge in [0.1, 0.15) is 23.0 Å². The summed E-state index contributed by atoms with van der Waals surface area (Å²) in [6, 6.07) is 0. The van der Waals surface area contributed by atoms with Crippen molar-refractivity contribution in [2.75, 3.05) is 18.4 Å². The minimum atomic E-state index is -0.689. The van der Waals surface area contributed by atoms with E-state index in [0.717, 1.165) is 54.7 Å². The van der Waals surface area contributed by atoms with Crippen LogP contribution in [0.3, 0.4) is 0 Å². The third-order valence-electron chi connectivity index (χ3n) is 5.50. The first kappa shape index (κ1) is 17.2. The number of aliphatic hydroxyl groups excluding tert-OH is 1. The molecule has 5 rings (SSSR count). The molecule has 0 unspecified atom stereocenters. The molecule has 1 aromatic carbocycles. The maximum atomic E-state index is 11.0. The van der Waals surface area contributed by atoms with E-state index in [-0.39, 0.29) is 5.75 Å². The van der Waals surface area contributed by atoms with E-state index in [1.54, 1.807) is 0 Å². The Labute approximate surface area is 174 Å². The number of aliphatic imine (C=N–C) groups is 1. The summed E-state index contributed by atoms with van der Waals surface area (Å²) in [4.78, 5) is 8.11. The van der Waals surface area contributed by atoms with E-state index in [2.05, 4.69) is 75.2 Å². The van der Waals surface area contributed by atoms with Gasteiger partial charge < -0.3 is 15.5 Å². The van der Waals surface area contributed by atoms with Crippen LogP contribution in [0.15, 0.2) is 26.1 Å². The van der Waals surface area contributed by atoms with Crippen molar-refractivity contribution in [3.63, 3.8) is 0 Å². The average molecular weight is 545 g/mol. The lowest BCUT2D eigenvalue weighted by Crippen LogP contribution is -2.83. The quantitative estimate of drug-likeness (QED) is 0.369. The minimum absolute atomic E-state index is 0.189. The van der Waals surface area contributed by atoms with E-state index in [9.17, 15) is 10.2 Å². The van der Waals surface area contributed by atoms with E-state index in [4.69, 9.17) is 0 Å². The number of aromatic hydroxyl groups is 1. The maximum Gasteiger partial charge on any atom is 0.215 e. The van der Waals surface area contributed by atoms with Crippen LogP contribution < -0.4 is 20.9 Å². The predicted octanol–water partition coefficient (Wildman–Crippen LogP) is 1.07. The topological polar surface area (TPSA) is 78.8 Å². The van der Waals surface area contributed by atoms with Crippen LogP contribution in [-0.4, -0.2) is 34.0 Å². The molecular weight excluding hydrogens is 530 g/mol. The van der Waals surface area contributed by atoms with Gasteiger partial charge in [0, 0.05) is 32.9 Å². The Hall–Kier alpha value is -0.960. The standard InChI is InChI=1S/C18H14Br3N3O2/c19-8-5-18(6-9(20)15(8)25)2-4-23-14-11(18)12-10-7(1-3-22-12)17(21)24-13(10)16(14)26/h5-6,15,23,25-26H,1-4H2/p+1. The van der Waals surface area contributed by atoms with Crippen LogP contribution in [0, 0.1) is 0 Å². The Balaban J connectivity index is 1.93. The number of allylic oxidation sites excluding steroid dienone is 2. The molecule has 1 aliphatic carbocycles. The SMILES string of the molecule is Oc1c2c(c3c4c1N=C(Br)C=4CC[NH+]=3)C1(C=C(Br)C(O)C(Br)=C1)CCN2. The van der Waals surface area contributed by atoms with Gasteiger partial charge in [0.2, 0.25) is 5.36 Å². The highest BCUT2D eigenvalue weighted by molar-refractivity contribution is 9.18. The molecule has 0 bridgehead atoms. The van der Waals surface area contributed by atoms with Gasteiger partial charge in [-0.05, 0) is 22.4 Å². The summed E-state index contributed by atoms with van der Waals surface area (Å²) in [5, 5.41) is 26.7. The molecule has 26 heavy (non-hydrogen) atoms. The highest BCUT2D eigenvalue weighted by atomic mass is 79.9. The van der Waals surface area contributed by atoms with E-state index in [1.807, 2.05) is 0 Å². The second-order valence-corrected chi connectivity index (χ2v) is 9.52. The van der Waals surface area contributed by atoms with E-state index >= 15 is 0 Å². The van der Waals surface area contributed by atoms with Crippen LogP contribution in [0.1, 0.15) is 18.4 Å². The summed E-state index contributed by atoms with van der Waals surface area (Å²) < 4.78 is 2.25. The zero-order chi connectivity index (χ0) is 18.2. The average Bonchev–Trinajstić information content (AvgIpc) is 2.96. The fourth-order valence-electron chi connectivity index (χ4n) is 4.38. The smallest absolute Gasteiger partial charge is 0.215 e. The van der Waals surface area contributed by atoms with E-state index < -0.39 is 11.5 Å². The number of phenols is 1. The number of hydrogen-bond acceptors (Lipinski definition) is 4. The Morgan fingerprint density at radius 3 is 2.69 bits per heavy atom. The summed E-state index contributed by atoms with van der Waals surface area (Å²) in [5.74, 6) is 0.189. The zero-order valence-electron chi connectivity index (χ0n) is 13.5. The van der Waals surface area contributed by atoms with Crippen LogP contribution in [0.25, 0.3) is 5.57 Å². The summed E-state index contributed by atoms with van der Waals surface area (Å²) in [5.41, 5.74) is 3.06. The van der Waals surface area contributed by atoms with Crippen molar-refractivity contribution in [3.8, 4) is 5.75 Å². The van der Waals surface area contributed by atoms with Crippen LogP contribution in [0.2, 0.25) is 0 Å². The first-order valence-electron chi connectivity index (χ1n) is 8.39. The molecule has 0 saturated carbocycles. The Morgan fingerprint density at radius 1 is 1.23 bits per heavy atom. The molecule has 4 aliphatic rings. The molecule has 1 spiro atoms. The molecule has 3 aliphatic heterocycles. The van der Waals surface area contributed by atoms with Gasteiger partial charge in [-0.25, -0.2) is 9.98 Å². The first-order valence-corrected chi connectivity index (χ1v) is 10.8. The molecule has 1 aromatic rings. The van der Waals surface area contributed by atoms with Crippen LogP contribution in [-0.2, 0) is 5.41 Å². The molecule has 0 aromatic heterocycles. The van der Waals surface area contributed by atoms with Crippen molar-refractivity contribution in [2.24, 2.45) is 4.99 Å². The van der Waals surface area contributed by atoms with Gasteiger partial charge in [-0.15, -0.1) is 0 Å². The number of aliphatic hydroxyl groups is 1. The third-order valence-corrected chi connectivity index (χ3v) is 7.49. The van der Waals surface area contributed by atoms with Crippen molar-refractivity contribution in [3.05, 3.63) is 37.3 Å². The Morgan fingerprint density at radius 2 is 1.96 bits per heavy atom. The fourth-order valence-corrected chi connectivity index (χ4v) is 6.57. The van der Waals surface area contributed by atoms with Gasteiger partial charge in [-0.2, -0.15) is 0 Å². The Bertz CT molecular complexity index is 1070. The highest BCUT2D eigenvalue weighted by Crippen LogP contribution is 2.49. The molecular formula is C18H15Br3N3O2+. The van der Waals surface area contributed by atoms with Gasteiger partial charge in [-0.3, -0.25) is 0 Å². The monoisotopic (exact) mass is 542 g/mol. The molecule has 4 N–H and O–H groups in total. The minimum Gasteiger partial charge on any atom is -0.504 e. The summed E-state index contributed by atoms with van der Waals surface area (Å²) in [6.45, 7) is 1.53. The fraction of sp³-hybridized carbons (Fsp3) is 0.333. The van der Waals surface area contributed by atoms with Crippen LogP contribution >= 0.6 is 47.8 Å². The van der Waals surface area contributed by atoms with Crippen molar-refractivity contribution in [1.82, 2.24) is 0 Å². The van der Waals surface area contributed by atoms with Crippen molar-refractivity contribution in [2.45, 2.75) is 24.4 Å². The predicted molar refractivity (Wildman–Crippen MR) is 111 cm³/mol. The lowest BCUT2D eigenvalue weighted by molar-refractivity contribution is -0.501. The lowest BCUT2D eigenvalue weighted by atomic mass is 9.71. The van der Waals surface area contributed by atoms with Gasteiger partial charge in [-0.1, -0.05) is 44.0 Å². The number of nitrogens with one attached hydrogen (secondary N) is 2. The van der Waals surface area contributed by atoms with Gasteiger partial charge in [0.15, 0.2) is 5.75 Å². The zero-order valence-corrected chi connectivity index (χ0v) is 18.3. The molecule has 0 saturated heterocycles. The van der Waals surface area contributed by atoms with Crippen LogP contribution in [0.5, 0.6) is 5.75 Å². The van der Waals surface area contributed by atoms with Crippen molar-refractivity contribution in [1.29, 1.82) is 0 Å². The molecule has 0 atom stereocenters. The van der Waals surface area contributed by atoms with Crippen LogP contribution in [0.4, 0.5) is 11.4 Å². The molecule has 0 radical (unpaired) electrons. The number of rotatable bonds is 0. The summed E-state index contributed by atoms with van der Waals surface area (Å²) >= 11 is 10.6. The number of nitrogens with zero attached hydrogens (tertiary/aromatic N) is 1. The lowest BCUT2D eigenvalue weighted by Gasteiger charge is -2.38. The first-order chi connectivity index (χ1) is 12.4.